The number of rotatable bonds is 7. The highest BCUT2D eigenvalue weighted by atomic mass is 32.2. The minimum Gasteiger partial charge on any atom is -0.379 e. The molecule has 1 aliphatic heterocycles. The Morgan fingerprint density at radius 2 is 2.14 bits per heavy atom. The van der Waals surface area contributed by atoms with E-state index in [1.165, 1.54) is 12.1 Å². The van der Waals surface area contributed by atoms with Gasteiger partial charge in [0.15, 0.2) is 0 Å². The van der Waals surface area contributed by atoms with Gasteiger partial charge >= 0.3 is 6.18 Å². The molecule has 1 aromatic carbocycles. The van der Waals surface area contributed by atoms with E-state index in [2.05, 4.69) is 5.32 Å². The summed E-state index contributed by atoms with van der Waals surface area (Å²) in [6.07, 6.45) is -3.34. The predicted molar refractivity (Wildman–Crippen MR) is 79.5 cm³/mol. The molecule has 6 heteroatoms. The van der Waals surface area contributed by atoms with Crippen molar-refractivity contribution in [3.8, 4) is 0 Å². The van der Waals surface area contributed by atoms with Crippen molar-refractivity contribution in [2.75, 3.05) is 25.5 Å². The van der Waals surface area contributed by atoms with Crippen LogP contribution in [0.3, 0.4) is 0 Å². The van der Waals surface area contributed by atoms with Crippen LogP contribution in [0.5, 0.6) is 0 Å². The van der Waals surface area contributed by atoms with E-state index < -0.39 is 11.7 Å². The SMILES string of the molecule is CCCNC(CSC1COC1)c1cccc(C(F)(F)F)c1. The van der Waals surface area contributed by atoms with Crippen LogP contribution in [0.1, 0.15) is 30.5 Å². The normalized spacial score (nSPS) is 17.5. The zero-order chi connectivity index (χ0) is 15.3. The fraction of sp³-hybridized carbons (Fsp3) is 0.600. The molecule has 2 nitrogen and oxygen atoms in total. The van der Waals surface area contributed by atoms with Gasteiger partial charge in [-0.2, -0.15) is 24.9 Å². The van der Waals surface area contributed by atoms with E-state index in [9.17, 15) is 13.2 Å². The van der Waals surface area contributed by atoms with Gasteiger partial charge in [0.1, 0.15) is 0 Å². The van der Waals surface area contributed by atoms with Gasteiger partial charge in [-0.1, -0.05) is 19.1 Å². The maximum absolute atomic E-state index is 12.8. The van der Waals surface area contributed by atoms with Crippen LogP contribution in [-0.2, 0) is 10.9 Å². The number of ether oxygens (including phenoxy) is 1. The van der Waals surface area contributed by atoms with Crippen LogP contribution in [0.2, 0.25) is 0 Å². The van der Waals surface area contributed by atoms with Gasteiger partial charge in [0.2, 0.25) is 0 Å². The summed E-state index contributed by atoms with van der Waals surface area (Å²) in [7, 11) is 0. The van der Waals surface area contributed by atoms with Crippen LogP contribution in [0.25, 0.3) is 0 Å². The Morgan fingerprint density at radius 3 is 2.71 bits per heavy atom. The summed E-state index contributed by atoms with van der Waals surface area (Å²) < 4.78 is 43.6. The molecule has 0 amide bonds. The van der Waals surface area contributed by atoms with E-state index in [1.54, 1.807) is 17.8 Å². The monoisotopic (exact) mass is 319 g/mol. The average Bonchev–Trinajstić information content (AvgIpc) is 2.40. The van der Waals surface area contributed by atoms with Crippen LogP contribution in [0, 0.1) is 0 Å². The van der Waals surface area contributed by atoms with E-state index >= 15 is 0 Å². The van der Waals surface area contributed by atoms with Gasteiger partial charge in [0.25, 0.3) is 0 Å². The molecule has 1 fully saturated rings. The van der Waals surface area contributed by atoms with Gasteiger partial charge in [-0.15, -0.1) is 0 Å². The van der Waals surface area contributed by atoms with Crippen molar-refractivity contribution in [2.24, 2.45) is 0 Å². The summed E-state index contributed by atoms with van der Waals surface area (Å²) in [5, 5.41) is 3.81. The summed E-state index contributed by atoms with van der Waals surface area (Å²) in [4.78, 5) is 0. The Bertz CT molecular complexity index is 449. The first-order chi connectivity index (χ1) is 10.0. The number of hydrogen-bond acceptors (Lipinski definition) is 3. The van der Waals surface area contributed by atoms with Crippen LogP contribution in [-0.4, -0.2) is 30.8 Å². The summed E-state index contributed by atoms with van der Waals surface area (Å²) in [6.45, 7) is 4.33. The largest absolute Gasteiger partial charge is 0.416 e. The molecular weight excluding hydrogens is 299 g/mol. The van der Waals surface area contributed by atoms with Crippen molar-refractivity contribution in [1.29, 1.82) is 0 Å². The Balaban J connectivity index is 2.06. The molecule has 0 bridgehead atoms. The number of benzene rings is 1. The Kier molecular flexibility index (Phi) is 5.96. The third-order valence-electron chi connectivity index (χ3n) is 3.36. The first-order valence-corrected chi connectivity index (χ1v) is 8.15. The molecule has 1 aromatic rings. The van der Waals surface area contributed by atoms with Crippen molar-refractivity contribution in [1.82, 2.24) is 5.32 Å². The smallest absolute Gasteiger partial charge is 0.379 e. The minimum absolute atomic E-state index is 0.0575. The maximum Gasteiger partial charge on any atom is 0.416 e. The van der Waals surface area contributed by atoms with Gasteiger partial charge in [0, 0.05) is 11.8 Å². The Hall–Kier alpha value is -0.720. The van der Waals surface area contributed by atoms with Gasteiger partial charge in [0.05, 0.1) is 24.0 Å². The summed E-state index contributed by atoms with van der Waals surface area (Å²) in [5.74, 6) is 0.759. The molecule has 118 valence electrons. The molecule has 0 radical (unpaired) electrons. The molecule has 1 heterocycles. The molecule has 2 rings (SSSR count). The third-order valence-corrected chi connectivity index (χ3v) is 4.63. The zero-order valence-corrected chi connectivity index (χ0v) is 12.8. The highest BCUT2D eigenvalue weighted by Crippen LogP contribution is 2.32. The second kappa shape index (κ2) is 7.51. The lowest BCUT2D eigenvalue weighted by Crippen LogP contribution is -2.33. The van der Waals surface area contributed by atoms with Crippen LogP contribution >= 0.6 is 11.8 Å². The molecule has 1 aliphatic rings. The van der Waals surface area contributed by atoms with E-state index in [4.69, 9.17) is 4.74 Å². The quantitative estimate of drug-likeness (QED) is 0.824. The van der Waals surface area contributed by atoms with Gasteiger partial charge in [-0.3, -0.25) is 0 Å². The van der Waals surface area contributed by atoms with Crippen molar-refractivity contribution in [3.63, 3.8) is 0 Å². The molecule has 0 aliphatic carbocycles. The van der Waals surface area contributed by atoms with E-state index in [0.717, 1.165) is 38.0 Å². The highest BCUT2D eigenvalue weighted by Gasteiger charge is 2.31. The van der Waals surface area contributed by atoms with Crippen LogP contribution in [0.4, 0.5) is 13.2 Å². The molecule has 1 N–H and O–H groups in total. The van der Waals surface area contributed by atoms with Crippen molar-refractivity contribution < 1.29 is 17.9 Å². The standard InChI is InChI=1S/C15H20F3NOS/c1-2-6-19-14(10-21-13-8-20-9-13)11-4-3-5-12(7-11)15(16,17)18/h3-5,7,13-14,19H,2,6,8-10H2,1H3. The second-order valence-corrected chi connectivity index (χ2v) is 6.46. The van der Waals surface area contributed by atoms with E-state index in [-0.39, 0.29) is 6.04 Å². The van der Waals surface area contributed by atoms with E-state index in [0.29, 0.717) is 10.8 Å². The first kappa shape index (κ1) is 16.6. The van der Waals surface area contributed by atoms with Crippen LogP contribution < -0.4 is 5.32 Å². The minimum atomic E-state index is -4.29. The average molecular weight is 319 g/mol. The summed E-state index contributed by atoms with van der Waals surface area (Å²) in [6, 6.07) is 5.56. The summed E-state index contributed by atoms with van der Waals surface area (Å²) >= 11 is 1.76. The molecule has 1 atom stereocenters. The van der Waals surface area contributed by atoms with Gasteiger partial charge in [-0.25, -0.2) is 0 Å². The molecule has 21 heavy (non-hydrogen) atoms. The Labute approximate surface area is 127 Å². The molecule has 0 spiro atoms. The lowest BCUT2D eigenvalue weighted by molar-refractivity contribution is -0.137. The van der Waals surface area contributed by atoms with Crippen molar-refractivity contribution >= 4 is 11.8 Å². The number of halogens is 3. The molecule has 0 aromatic heterocycles. The predicted octanol–water partition coefficient (Wildman–Crippen LogP) is 3.88. The maximum atomic E-state index is 12.8. The van der Waals surface area contributed by atoms with Crippen LogP contribution in [0.15, 0.2) is 24.3 Å². The summed E-state index contributed by atoms with van der Waals surface area (Å²) in [5.41, 5.74) is 0.117. The number of hydrogen-bond donors (Lipinski definition) is 1. The number of nitrogens with one attached hydrogen (secondary N) is 1. The fourth-order valence-corrected chi connectivity index (χ4v) is 3.23. The first-order valence-electron chi connectivity index (χ1n) is 7.10. The molecule has 1 saturated heterocycles. The topological polar surface area (TPSA) is 21.3 Å². The third kappa shape index (κ3) is 4.90. The number of thioether (sulfide) groups is 1. The Morgan fingerprint density at radius 1 is 1.38 bits per heavy atom. The van der Waals surface area contributed by atoms with Gasteiger partial charge in [-0.05, 0) is 30.7 Å². The fourth-order valence-electron chi connectivity index (χ4n) is 2.07. The zero-order valence-electron chi connectivity index (χ0n) is 12.0. The molecule has 1 unspecified atom stereocenters. The van der Waals surface area contributed by atoms with Gasteiger partial charge < -0.3 is 10.1 Å². The molecule has 0 saturated carbocycles. The van der Waals surface area contributed by atoms with Crippen molar-refractivity contribution in [2.45, 2.75) is 30.8 Å². The second-order valence-electron chi connectivity index (χ2n) is 5.12. The lowest BCUT2D eigenvalue weighted by atomic mass is 10.0. The lowest BCUT2D eigenvalue weighted by Gasteiger charge is -2.28. The highest BCUT2D eigenvalue weighted by molar-refractivity contribution is 8.00. The number of alkyl halides is 3. The van der Waals surface area contributed by atoms with E-state index in [1.807, 2.05) is 6.92 Å². The van der Waals surface area contributed by atoms with Crippen molar-refractivity contribution in [3.05, 3.63) is 35.4 Å². The molecular formula is C15H20F3NOS.